The number of ether oxygens (including phenoxy) is 2. The number of aryl methyl sites for hydroxylation is 1. The van der Waals surface area contributed by atoms with E-state index in [1.807, 2.05) is 66.7 Å². The van der Waals surface area contributed by atoms with Crippen molar-refractivity contribution >= 4 is 34.2 Å². The quantitative estimate of drug-likeness (QED) is 0.158. The number of hydrogen-bond donors (Lipinski definition) is 0. The van der Waals surface area contributed by atoms with Gasteiger partial charge in [-0.2, -0.15) is 0 Å². The largest absolute Gasteiger partial charge is 0.493 e. The van der Waals surface area contributed by atoms with Gasteiger partial charge in [0.15, 0.2) is 11.5 Å². The maximum Gasteiger partial charge on any atom is 0.227 e. The Kier molecular flexibility index (Phi) is 7.99. The van der Waals surface area contributed by atoms with Gasteiger partial charge in [-0.1, -0.05) is 48.0 Å². The van der Waals surface area contributed by atoms with Gasteiger partial charge < -0.3 is 18.9 Å². The highest BCUT2D eigenvalue weighted by Crippen LogP contribution is 2.36. The number of nitrogens with zero attached hydrogens (tertiary/aromatic N) is 3. The molecule has 196 valence electrons. The molecule has 0 N–H and O–H groups in total. The molecule has 0 aliphatic carbocycles. The summed E-state index contributed by atoms with van der Waals surface area (Å²) < 4.78 is 13.8. The van der Waals surface area contributed by atoms with Gasteiger partial charge in [-0.05, 0) is 61.2 Å². The van der Waals surface area contributed by atoms with Crippen molar-refractivity contribution in [2.24, 2.45) is 0 Å². The molecule has 0 bridgehead atoms. The number of imidazole rings is 1. The Morgan fingerprint density at radius 2 is 1.89 bits per heavy atom. The van der Waals surface area contributed by atoms with Gasteiger partial charge in [0.1, 0.15) is 5.82 Å². The van der Waals surface area contributed by atoms with Crippen LogP contribution in [0.25, 0.3) is 11.0 Å². The molecule has 38 heavy (non-hydrogen) atoms. The first-order valence-corrected chi connectivity index (χ1v) is 13.4. The number of fused-ring (bicyclic) bond motifs is 1. The molecule has 1 atom stereocenters. The number of rotatable bonds is 11. The van der Waals surface area contributed by atoms with E-state index in [1.165, 1.54) is 0 Å². The van der Waals surface area contributed by atoms with Crippen molar-refractivity contribution in [3.8, 4) is 11.5 Å². The summed E-state index contributed by atoms with van der Waals surface area (Å²) in [6, 6.07) is 21.7. The van der Waals surface area contributed by atoms with E-state index in [0.717, 1.165) is 65.4 Å². The number of methoxy groups -OCH3 is 1. The third-order valence-electron chi connectivity index (χ3n) is 6.96. The zero-order chi connectivity index (χ0) is 26.5. The molecule has 5 rings (SSSR count). The van der Waals surface area contributed by atoms with E-state index in [9.17, 15) is 4.79 Å². The number of unbranched alkanes of at least 4 members (excludes halogenated alkanes) is 1. The zero-order valence-corrected chi connectivity index (χ0v) is 22.4. The topological polar surface area (TPSA) is 56.6 Å². The normalized spacial score (nSPS) is 15.3. The second-order valence-electron chi connectivity index (χ2n) is 9.50. The van der Waals surface area contributed by atoms with Gasteiger partial charge in [-0.3, -0.25) is 4.79 Å². The van der Waals surface area contributed by atoms with E-state index in [2.05, 4.69) is 17.2 Å². The van der Waals surface area contributed by atoms with Crippen LogP contribution in [0.1, 0.15) is 36.6 Å². The Morgan fingerprint density at radius 3 is 2.71 bits per heavy atom. The molecule has 6 nitrogen and oxygen atoms in total. The fourth-order valence-corrected chi connectivity index (χ4v) is 5.34. The van der Waals surface area contributed by atoms with Crippen LogP contribution in [0.15, 0.2) is 79.4 Å². The molecule has 1 aromatic heterocycles. The Labute approximate surface area is 228 Å². The minimum absolute atomic E-state index is 0.000708. The predicted molar refractivity (Wildman–Crippen MR) is 153 cm³/mol. The van der Waals surface area contributed by atoms with Crippen LogP contribution in [-0.2, 0) is 17.8 Å². The number of hydrogen-bond acceptors (Lipinski definition) is 4. The van der Waals surface area contributed by atoms with Crippen molar-refractivity contribution in [1.29, 1.82) is 0 Å². The molecule has 0 spiro atoms. The van der Waals surface area contributed by atoms with Gasteiger partial charge in [-0.15, -0.1) is 6.58 Å². The van der Waals surface area contributed by atoms with Crippen LogP contribution >= 0.6 is 11.6 Å². The highest BCUT2D eigenvalue weighted by Gasteiger charge is 2.35. The molecule has 1 aliphatic rings. The highest BCUT2D eigenvalue weighted by atomic mass is 35.5. The number of para-hydroxylation sites is 3. The molecular formula is C31H32ClN3O3. The van der Waals surface area contributed by atoms with E-state index >= 15 is 0 Å². The summed E-state index contributed by atoms with van der Waals surface area (Å²) >= 11 is 6.40. The van der Waals surface area contributed by atoms with Crippen LogP contribution in [0.5, 0.6) is 11.5 Å². The molecule has 1 saturated heterocycles. The molecular weight excluding hydrogens is 498 g/mol. The molecule has 0 radical (unpaired) electrons. The summed E-state index contributed by atoms with van der Waals surface area (Å²) in [4.78, 5) is 19.7. The second-order valence-corrected chi connectivity index (χ2v) is 9.91. The van der Waals surface area contributed by atoms with E-state index < -0.39 is 0 Å². The monoisotopic (exact) mass is 529 g/mol. The molecule has 1 fully saturated rings. The number of benzene rings is 3. The van der Waals surface area contributed by atoms with Crippen LogP contribution in [-0.4, -0.2) is 35.7 Å². The number of carbonyl (C=O) groups excluding carboxylic acids is 1. The molecule has 0 saturated carbocycles. The maximum atomic E-state index is 13.0. The number of carbonyl (C=O) groups is 1. The lowest BCUT2D eigenvalue weighted by molar-refractivity contribution is -0.117. The van der Waals surface area contributed by atoms with Gasteiger partial charge in [0.25, 0.3) is 0 Å². The van der Waals surface area contributed by atoms with Crippen LogP contribution in [0, 0.1) is 0 Å². The summed E-state index contributed by atoms with van der Waals surface area (Å²) in [6.07, 6.45) is 4.87. The minimum atomic E-state index is 0.000708. The molecule has 2 heterocycles. The average Bonchev–Trinajstić information content (AvgIpc) is 3.50. The first-order valence-electron chi connectivity index (χ1n) is 13.0. The van der Waals surface area contributed by atoms with Crippen LogP contribution in [0.2, 0.25) is 5.02 Å². The van der Waals surface area contributed by atoms with Crippen molar-refractivity contribution in [2.45, 2.75) is 38.1 Å². The summed E-state index contributed by atoms with van der Waals surface area (Å²) in [5.41, 5.74) is 3.94. The van der Waals surface area contributed by atoms with Gasteiger partial charge in [0.2, 0.25) is 5.91 Å². The van der Waals surface area contributed by atoms with Crippen molar-refractivity contribution in [1.82, 2.24) is 9.55 Å². The van der Waals surface area contributed by atoms with Crippen LogP contribution in [0.4, 0.5) is 5.69 Å². The summed E-state index contributed by atoms with van der Waals surface area (Å²) in [5, 5.41) is 0.585. The number of aromatic nitrogens is 2. The second kappa shape index (κ2) is 11.7. The number of anilines is 1. The highest BCUT2D eigenvalue weighted by molar-refractivity contribution is 6.33. The maximum absolute atomic E-state index is 13.0. The number of amides is 1. The Bertz CT molecular complexity index is 1450. The summed E-state index contributed by atoms with van der Waals surface area (Å²) in [5.74, 6) is 2.51. The standard InChI is InChI=1S/C31H32ClN3O3/c1-3-10-22-15-16-28(29(19-22)37-2)38-18-9-8-17-34-27-14-7-5-12-25(27)33-31(34)23-20-30(36)35(21-23)26-13-6-4-11-24(26)32/h3-7,11-16,19,23H,1,8-10,17-18,20-21H2,2H3. The molecule has 3 aromatic carbocycles. The van der Waals surface area contributed by atoms with E-state index in [-0.39, 0.29) is 11.8 Å². The smallest absolute Gasteiger partial charge is 0.227 e. The lowest BCUT2D eigenvalue weighted by Gasteiger charge is -2.18. The van der Waals surface area contributed by atoms with Crippen molar-refractivity contribution in [3.05, 3.63) is 95.8 Å². The molecule has 1 aliphatic heterocycles. The van der Waals surface area contributed by atoms with E-state index in [0.29, 0.717) is 24.6 Å². The van der Waals surface area contributed by atoms with Crippen molar-refractivity contribution in [3.63, 3.8) is 0 Å². The zero-order valence-electron chi connectivity index (χ0n) is 21.6. The Hall–Kier alpha value is -3.77. The van der Waals surface area contributed by atoms with Gasteiger partial charge in [0, 0.05) is 25.4 Å². The predicted octanol–water partition coefficient (Wildman–Crippen LogP) is 6.81. The fourth-order valence-electron chi connectivity index (χ4n) is 5.10. The van der Waals surface area contributed by atoms with Crippen LogP contribution in [0.3, 0.4) is 0 Å². The van der Waals surface area contributed by atoms with Crippen molar-refractivity contribution < 1.29 is 14.3 Å². The molecule has 7 heteroatoms. The molecule has 1 unspecified atom stereocenters. The van der Waals surface area contributed by atoms with E-state index in [4.69, 9.17) is 26.1 Å². The summed E-state index contributed by atoms with van der Waals surface area (Å²) in [6.45, 7) is 5.74. The SMILES string of the molecule is C=CCc1ccc(OCCCCn2c(C3CC(=O)N(c4ccccc4Cl)C3)nc3ccccc32)c(OC)c1. The Balaban J connectivity index is 1.27. The van der Waals surface area contributed by atoms with Gasteiger partial charge in [0.05, 0.1) is 35.5 Å². The third kappa shape index (κ3) is 5.41. The van der Waals surface area contributed by atoms with Crippen LogP contribution < -0.4 is 14.4 Å². The first kappa shape index (κ1) is 25.9. The first-order chi connectivity index (χ1) is 18.6. The van der Waals surface area contributed by atoms with Gasteiger partial charge >= 0.3 is 0 Å². The summed E-state index contributed by atoms with van der Waals surface area (Å²) in [7, 11) is 1.66. The Morgan fingerprint density at radius 1 is 1.08 bits per heavy atom. The average molecular weight is 530 g/mol. The van der Waals surface area contributed by atoms with Crippen molar-refractivity contribution in [2.75, 3.05) is 25.2 Å². The molecule has 4 aromatic rings. The molecule has 1 amide bonds. The minimum Gasteiger partial charge on any atom is -0.493 e. The lowest BCUT2D eigenvalue weighted by atomic mass is 10.1. The lowest BCUT2D eigenvalue weighted by Crippen LogP contribution is -2.24. The van der Waals surface area contributed by atoms with Gasteiger partial charge in [-0.25, -0.2) is 4.98 Å². The van der Waals surface area contributed by atoms with E-state index in [1.54, 1.807) is 12.0 Å². The fraction of sp³-hybridized carbons (Fsp3) is 0.290. The third-order valence-corrected chi connectivity index (χ3v) is 7.28. The number of allylic oxidation sites excluding steroid dienone is 1. The number of halogens is 1.